The molecule has 0 spiro atoms. The van der Waals surface area contributed by atoms with E-state index in [1.165, 1.54) is 12.1 Å². The third-order valence-electron chi connectivity index (χ3n) is 2.54. The zero-order chi connectivity index (χ0) is 12.7. The first kappa shape index (κ1) is 13.8. The molecule has 0 aromatic heterocycles. The van der Waals surface area contributed by atoms with E-state index in [4.69, 9.17) is 0 Å². The smallest absolute Gasteiger partial charge is 0.126 e. The van der Waals surface area contributed by atoms with E-state index in [0.717, 1.165) is 31.1 Å². The van der Waals surface area contributed by atoms with Crippen molar-refractivity contribution in [1.82, 2.24) is 5.32 Å². The van der Waals surface area contributed by atoms with E-state index < -0.39 is 0 Å². The molecule has 0 heterocycles. The molecule has 0 radical (unpaired) electrons. The molecule has 0 aliphatic carbocycles. The van der Waals surface area contributed by atoms with E-state index in [1.54, 1.807) is 0 Å². The van der Waals surface area contributed by atoms with Crippen molar-refractivity contribution in [3.8, 4) is 0 Å². The lowest BCUT2D eigenvalue weighted by Gasteiger charge is -2.04. The van der Waals surface area contributed by atoms with Crippen LogP contribution < -0.4 is 5.32 Å². The molecule has 0 unspecified atom stereocenters. The summed E-state index contributed by atoms with van der Waals surface area (Å²) in [5.74, 6) is -0.729. The number of halogens is 2. The average Bonchev–Trinajstić information content (AvgIpc) is 2.29. The second kappa shape index (κ2) is 7.17. The summed E-state index contributed by atoms with van der Waals surface area (Å²) in [5.41, 5.74) is 1.48. The highest BCUT2D eigenvalue weighted by molar-refractivity contribution is 5.23. The quantitative estimate of drug-likeness (QED) is 0.592. The van der Waals surface area contributed by atoms with Gasteiger partial charge in [-0.15, -0.1) is 0 Å². The Kier molecular flexibility index (Phi) is 5.84. The van der Waals surface area contributed by atoms with Gasteiger partial charge in [0, 0.05) is 0 Å². The second-order valence-electron chi connectivity index (χ2n) is 4.11. The van der Waals surface area contributed by atoms with E-state index in [9.17, 15) is 8.78 Å². The Morgan fingerprint density at radius 3 is 2.82 bits per heavy atom. The van der Waals surface area contributed by atoms with Gasteiger partial charge in [-0.3, -0.25) is 0 Å². The highest BCUT2D eigenvalue weighted by atomic mass is 19.1. The summed E-state index contributed by atoms with van der Waals surface area (Å²) in [6.07, 6.45) is 3.44. The minimum absolute atomic E-state index is 0.342. The Bertz CT molecular complexity index is 386. The van der Waals surface area contributed by atoms with E-state index >= 15 is 0 Å². The molecule has 0 amide bonds. The summed E-state index contributed by atoms with van der Waals surface area (Å²) in [6.45, 7) is 5.86. The van der Waals surface area contributed by atoms with Crippen LogP contribution in [-0.2, 0) is 6.42 Å². The van der Waals surface area contributed by atoms with Crippen LogP contribution in [0.3, 0.4) is 0 Å². The van der Waals surface area contributed by atoms with Crippen molar-refractivity contribution in [3.63, 3.8) is 0 Å². The zero-order valence-corrected chi connectivity index (χ0v) is 10.4. The molecular formula is C14H19F2N. The lowest BCUT2D eigenvalue weighted by atomic mass is 10.0. The van der Waals surface area contributed by atoms with E-state index in [-0.39, 0.29) is 11.6 Å². The molecular weight excluding hydrogens is 220 g/mol. The third-order valence-corrected chi connectivity index (χ3v) is 2.54. The molecule has 1 aromatic carbocycles. The SMILES string of the molecule is CCNCCC=C(C)Cc1cc(F)ccc1F. The van der Waals surface area contributed by atoms with Crippen LogP contribution in [0.1, 0.15) is 25.8 Å². The monoisotopic (exact) mass is 239 g/mol. The maximum absolute atomic E-state index is 13.4. The Labute approximate surface area is 102 Å². The minimum atomic E-state index is -0.387. The average molecular weight is 239 g/mol. The Morgan fingerprint density at radius 1 is 1.35 bits per heavy atom. The maximum Gasteiger partial charge on any atom is 0.126 e. The fourth-order valence-electron chi connectivity index (χ4n) is 1.65. The standard InChI is InChI=1S/C14H19F2N/c1-3-17-8-4-5-11(2)9-12-10-13(15)6-7-14(12)16/h5-7,10,17H,3-4,8-9H2,1-2H3. The molecule has 0 atom stereocenters. The molecule has 94 valence electrons. The number of hydrogen-bond donors (Lipinski definition) is 1. The van der Waals surface area contributed by atoms with Crippen LogP contribution in [0.2, 0.25) is 0 Å². The number of benzene rings is 1. The van der Waals surface area contributed by atoms with Gasteiger partial charge in [0.05, 0.1) is 0 Å². The topological polar surface area (TPSA) is 12.0 Å². The summed E-state index contributed by atoms with van der Waals surface area (Å²) in [6, 6.07) is 3.58. The summed E-state index contributed by atoms with van der Waals surface area (Å²) < 4.78 is 26.3. The Balaban J connectivity index is 2.55. The van der Waals surface area contributed by atoms with Gasteiger partial charge in [-0.05, 0) is 56.6 Å². The van der Waals surface area contributed by atoms with Crippen molar-refractivity contribution in [2.75, 3.05) is 13.1 Å². The van der Waals surface area contributed by atoms with Crippen molar-refractivity contribution in [1.29, 1.82) is 0 Å². The van der Waals surface area contributed by atoms with E-state index in [0.29, 0.717) is 12.0 Å². The molecule has 0 aliphatic heterocycles. The number of nitrogens with one attached hydrogen (secondary N) is 1. The van der Waals surface area contributed by atoms with Gasteiger partial charge in [-0.2, -0.15) is 0 Å². The van der Waals surface area contributed by atoms with Crippen LogP contribution in [0.5, 0.6) is 0 Å². The van der Waals surface area contributed by atoms with Crippen LogP contribution in [-0.4, -0.2) is 13.1 Å². The van der Waals surface area contributed by atoms with Gasteiger partial charge in [0.2, 0.25) is 0 Å². The predicted molar refractivity (Wildman–Crippen MR) is 67.0 cm³/mol. The van der Waals surface area contributed by atoms with Crippen molar-refractivity contribution < 1.29 is 8.78 Å². The summed E-state index contributed by atoms with van der Waals surface area (Å²) in [5, 5.41) is 3.21. The molecule has 0 aliphatic rings. The first-order chi connectivity index (χ1) is 8.13. The largest absolute Gasteiger partial charge is 0.317 e. The van der Waals surface area contributed by atoms with Crippen LogP contribution in [0.4, 0.5) is 8.78 Å². The van der Waals surface area contributed by atoms with Gasteiger partial charge in [0.25, 0.3) is 0 Å². The minimum Gasteiger partial charge on any atom is -0.317 e. The molecule has 1 rings (SSSR count). The van der Waals surface area contributed by atoms with Crippen LogP contribution in [0.25, 0.3) is 0 Å². The van der Waals surface area contributed by atoms with Gasteiger partial charge in [0.15, 0.2) is 0 Å². The number of hydrogen-bond acceptors (Lipinski definition) is 1. The molecule has 0 saturated heterocycles. The van der Waals surface area contributed by atoms with Crippen molar-refractivity contribution in [2.45, 2.75) is 26.7 Å². The van der Waals surface area contributed by atoms with Crippen molar-refractivity contribution >= 4 is 0 Å². The molecule has 0 bridgehead atoms. The molecule has 1 aromatic rings. The zero-order valence-electron chi connectivity index (χ0n) is 10.4. The van der Waals surface area contributed by atoms with Crippen molar-refractivity contribution in [3.05, 3.63) is 47.0 Å². The van der Waals surface area contributed by atoms with Crippen molar-refractivity contribution in [2.24, 2.45) is 0 Å². The van der Waals surface area contributed by atoms with Gasteiger partial charge in [-0.25, -0.2) is 8.78 Å². The second-order valence-corrected chi connectivity index (χ2v) is 4.11. The fourth-order valence-corrected chi connectivity index (χ4v) is 1.65. The van der Waals surface area contributed by atoms with Crippen LogP contribution in [0, 0.1) is 11.6 Å². The first-order valence-corrected chi connectivity index (χ1v) is 5.93. The summed E-state index contributed by atoms with van der Waals surface area (Å²) in [7, 11) is 0. The molecule has 3 heteroatoms. The fraction of sp³-hybridized carbons (Fsp3) is 0.429. The van der Waals surface area contributed by atoms with Crippen LogP contribution in [0.15, 0.2) is 29.8 Å². The first-order valence-electron chi connectivity index (χ1n) is 5.93. The number of allylic oxidation sites excluding steroid dienone is 1. The lowest BCUT2D eigenvalue weighted by molar-refractivity contribution is 0.588. The number of rotatable bonds is 6. The Morgan fingerprint density at radius 2 is 2.12 bits per heavy atom. The molecule has 17 heavy (non-hydrogen) atoms. The third kappa shape index (κ3) is 5.09. The molecule has 1 N–H and O–H groups in total. The van der Waals surface area contributed by atoms with Gasteiger partial charge in [-0.1, -0.05) is 18.6 Å². The molecule has 0 fully saturated rings. The highest BCUT2D eigenvalue weighted by Crippen LogP contribution is 2.14. The van der Waals surface area contributed by atoms with Gasteiger partial charge < -0.3 is 5.32 Å². The summed E-state index contributed by atoms with van der Waals surface area (Å²) >= 11 is 0. The highest BCUT2D eigenvalue weighted by Gasteiger charge is 2.04. The lowest BCUT2D eigenvalue weighted by Crippen LogP contribution is -2.13. The maximum atomic E-state index is 13.4. The van der Waals surface area contributed by atoms with Crippen LogP contribution >= 0.6 is 0 Å². The Hall–Kier alpha value is -1.22. The molecule has 0 saturated carbocycles. The summed E-state index contributed by atoms with van der Waals surface area (Å²) in [4.78, 5) is 0. The normalized spacial score (nSPS) is 11.9. The van der Waals surface area contributed by atoms with Gasteiger partial charge in [0.1, 0.15) is 11.6 Å². The molecule has 1 nitrogen and oxygen atoms in total. The van der Waals surface area contributed by atoms with E-state index in [2.05, 4.69) is 18.3 Å². The van der Waals surface area contributed by atoms with Gasteiger partial charge >= 0.3 is 0 Å². The van der Waals surface area contributed by atoms with E-state index in [1.807, 2.05) is 6.92 Å². The predicted octanol–water partition coefficient (Wildman–Crippen LogP) is 3.45.